The normalized spacial score (nSPS) is 21.4. The van der Waals surface area contributed by atoms with Crippen molar-refractivity contribution in [3.05, 3.63) is 30.1 Å². The molecule has 8 heteroatoms. The molecule has 2 aliphatic rings. The van der Waals surface area contributed by atoms with Gasteiger partial charge in [0, 0.05) is 32.4 Å². The van der Waals surface area contributed by atoms with Crippen molar-refractivity contribution in [2.45, 2.75) is 6.92 Å². The van der Waals surface area contributed by atoms with E-state index in [9.17, 15) is 4.57 Å². The molecule has 4 rings (SSSR count). The van der Waals surface area contributed by atoms with Gasteiger partial charge in [0.25, 0.3) is 7.44 Å². The number of nitrogens with zero attached hydrogens (tertiary/aromatic N) is 4. The number of imidazole rings is 1. The lowest BCUT2D eigenvalue weighted by atomic mass is 10.5. The summed E-state index contributed by atoms with van der Waals surface area (Å²) in [6, 6.07) is 5.88. The van der Waals surface area contributed by atoms with Crippen molar-refractivity contribution in [3.8, 4) is 0 Å². The van der Waals surface area contributed by atoms with Gasteiger partial charge in [-0.05, 0) is 19.1 Å². The molecule has 2 aromatic rings. The van der Waals surface area contributed by atoms with Crippen LogP contribution in [0.15, 0.2) is 24.4 Å². The average Bonchev–Trinajstić information content (AvgIpc) is 2.99. The highest BCUT2D eigenvalue weighted by Gasteiger charge is 2.43. The summed E-state index contributed by atoms with van der Waals surface area (Å²) in [5.74, 6) is 0. The molecular weight excluding hydrogens is 327 g/mol. The molecular formula is C16H23N4O3P. The number of rotatable bonds is 3. The van der Waals surface area contributed by atoms with Gasteiger partial charge in [0.1, 0.15) is 11.1 Å². The minimum Gasteiger partial charge on any atom is -0.379 e. The quantitative estimate of drug-likeness (QED) is 0.774. The van der Waals surface area contributed by atoms with E-state index in [1.807, 2.05) is 35.7 Å². The molecule has 0 atom stereocenters. The van der Waals surface area contributed by atoms with Gasteiger partial charge in [-0.1, -0.05) is 6.07 Å². The Kier molecular flexibility index (Phi) is 4.45. The van der Waals surface area contributed by atoms with Gasteiger partial charge in [-0.15, -0.1) is 0 Å². The van der Waals surface area contributed by atoms with E-state index in [1.54, 1.807) is 0 Å². The minimum atomic E-state index is -2.95. The fourth-order valence-corrected chi connectivity index (χ4v) is 6.77. The first-order valence-corrected chi connectivity index (χ1v) is 10.0. The van der Waals surface area contributed by atoms with Gasteiger partial charge in [-0.2, -0.15) is 0 Å². The largest absolute Gasteiger partial charge is 0.379 e. The number of aromatic nitrogens is 2. The SMILES string of the molecule is Cc1nc2ccccn2c1P(=O)(N1CCOCC1)N1CCOCC1. The van der Waals surface area contributed by atoms with Crippen LogP contribution < -0.4 is 5.44 Å². The van der Waals surface area contributed by atoms with E-state index in [-0.39, 0.29) is 0 Å². The molecule has 2 saturated heterocycles. The molecule has 0 aliphatic carbocycles. The third-order valence-corrected chi connectivity index (χ3v) is 8.11. The van der Waals surface area contributed by atoms with E-state index in [2.05, 4.69) is 14.3 Å². The summed E-state index contributed by atoms with van der Waals surface area (Å²) in [5, 5.41) is 0. The topological polar surface area (TPSA) is 59.3 Å². The third-order valence-electron chi connectivity index (χ3n) is 4.69. The maximum atomic E-state index is 14.5. The lowest BCUT2D eigenvalue weighted by Gasteiger charge is -2.42. The van der Waals surface area contributed by atoms with Crippen molar-refractivity contribution < 1.29 is 14.0 Å². The highest BCUT2D eigenvalue weighted by molar-refractivity contribution is 7.67. The van der Waals surface area contributed by atoms with E-state index in [0.29, 0.717) is 52.6 Å². The lowest BCUT2D eigenvalue weighted by molar-refractivity contribution is 0.0537. The Morgan fingerprint density at radius 2 is 1.58 bits per heavy atom. The molecule has 0 spiro atoms. The van der Waals surface area contributed by atoms with Gasteiger partial charge in [0.15, 0.2) is 0 Å². The number of fused-ring (bicyclic) bond motifs is 1. The zero-order valence-electron chi connectivity index (χ0n) is 13.9. The van der Waals surface area contributed by atoms with Crippen molar-refractivity contribution in [3.63, 3.8) is 0 Å². The molecule has 0 aromatic carbocycles. The Morgan fingerprint density at radius 3 is 2.17 bits per heavy atom. The van der Waals surface area contributed by atoms with E-state index >= 15 is 0 Å². The fraction of sp³-hybridized carbons (Fsp3) is 0.562. The van der Waals surface area contributed by atoms with Crippen LogP contribution in [0.4, 0.5) is 0 Å². The number of aryl methyl sites for hydroxylation is 1. The van der Waals surface area contributed by atoms with Crippen LogP contribution in [-0.2, 0) is 14.0 Å². The van der Waals surface area contributed by atoms with Crippen LogP contribution >= 0.6 is 7.44 Å². The Morgan fingerprint density at radius 1 is 1.00 bits per heavy atom. The zero-order valence-corrected chi connectivity index (χ0v) is 14.8. The lowest BCUT2D eigenvalue weighted by Crippen LogP contribution is -2.47. The zero-order chi connectivity index (χ0) is 16.6. The maximum Gasteiger partial charge on any atom is 0.264 e. The van der Waals surface area contributed by atoms with Crippen molar-refractivity contribution in [1.82, 2.24) is 18.7 Å². The van der Waals surface area contributed by atoms with Crippen molar-refractivity contribution >= 4 is 18.5 Å². The van der Waals surface area contributed by atoms with Crippen LogP contribution in [0.3, 0.4) is 0 Å². The Labute approximate surface area is 141 Å². The molecule has 7 nitrogen and oxygen atoms in total. The molecule has 0 amide bonds. The van der Waals surface area contributed by atoms with E-state index in [1.165, 1.54) is 0 Å². The monoisotopic (exact) mass is 350 g/mol. The summed E-state index contributed by atoms with van der Waals surface area (Å²) < 4.78 is 31.7. The van der Waals surface area contributed by atoms with Gasteiger partial charge < -0.3 is 9.47 Å². The Hall–Kier alpha value is -1.24. The summed E-state index contributed by atoms with van der Waals surface area (Å²) in [4.78, 5) is 4.64. The molecule has 2 fully saturated rings. The molecule has 0 saturated carbocycles. The predicted molar refractivity (Wildman–Crippen MR) is 92.0 cm³/mol. The molecule has 0 unspecified atom stereocenters. The molecule has 0 radical (unpaired) electrons. The molecule has 4 heterocycles. The maximum absolute atomic E-state index is 14.5. The van der Waals surface area contributed by atoms with E-state index < -0.39 is 7.44 Å². The number of pyridine rings is 1. The predicted octanol–water partition coefficient (Wildman–Crippen LogP) is 1.13. The number of ether oxygens (including phenoxy) is 2. The Bertz CT molecular complexity index is 744. The van der Waals surface area contributed by atoms with Crippen LogP contribution in [-0.4, -0.2) is 71.3 Å². The highest BCUT2D eigenvalue weighted by Crippen LogP contribution is 2.53. The van der Waals surface area contributed by atoms with Gasteiger partial charge in [0.05, 0.1) is 32.1 Å². The van der Waals surface area contributed by atoms with Crippen LogP contribution in [0.25, 0.3) is 5.65 Å². The second kappa shape index (κ2) is 6.58. The third kappa shape index (κ3) is 2.61. The molecule has 0 N–H and O–H groups in total. The smallest absolute Gasteiger partial charge is 0.264 e. The second-order valence-electron chi connectivity index (χ2n) is 6.13. The highest BCUT2D eigenvalue weighted by atomic mass is 31.2. The van der Waals surface area contributed by atoms with Gasteiger partial charge in [0.2, 0.25) is 0 Å². The van der Waals surface area contributed by atoms with Crippen LogP contribution in [0, 0.1) is 6.92 Å². The van der Waals surface area contributed by atoms with Crippen molar-refractivity contribution in [2.24, 2.45) is 0 Å². The molecule has 2 aromatic heterocycles. The molecule has 130 valence electrons. The van der Waals surface area contributed by atoms with Crippen molar-refractivity contribution in [1.29, 1.82) is 0 Å². The summed E-state index contributed by atoms with van der Waals surface area (Å²) in [6.45, 7) is 7.11. The molecule has 2 aliphatic heterocycles. The van der Waals surface area contributed by atoms with Gasteiger partial charge >= 0.3 is 0 Å². The van der Waals surface area contributed by atoms with Gasteiger partial charge in [-0.25, -0.2) is 14.3 Å². The second-order valence-corrected chi connectivity index (χ2v) is 8.77. The average molecular weight is 350 g/mol. The fourth-order valence-electron chi connectivity index (χ4n) is 3.55. The first-order chi connectivity index (χ1) is 11.7. The van der Waals surface area contributed by atoms with Crippen LogP contribution in [0.5, 0.6) is 0 Å². The summed E-state index contributed by atoms with van der Waals surface area (Å²) in [6.07, 6.45) is 1.96. The standard InChI is InChI=1S/C16H23N4O3P/c1-14-16(20-5-3-2-4-15(20)17-14)24(21,18-6-10-22-11-7-18)19-8-12-23-13-9-19/h2-5H,6-13H2,1H3. The number of morpholine rings is 2. The van der Waals surface area contributed by atoms with Crippen molar-refractivity contribution in [2.75, 3.05) is 52.6 Å². The Balaban J connectivity index is 1.87. The van der Waals surface area contributed by atoms with Crippen LogP contribution in [0.1, 0.15) is 5.69 Å². The molecule has 24 heavy (non-hydrogen) atoms. The number of hydrogen-bond donors (Lipinski definition) is 0. The first-order valence-electron chi connectivity index (χ1n) is 8.42. The van der Waals surface area contributed by atoms with E-state index in [0.717, 1.165) is 16.8 Å². The van der Waals surface area contributed by atoms with Gasteiger partial charge in [-0.3, -0.25) is 8.97 Å². The minimum absolute atomic E-state index is 0.615. The summed E-state index contributed by atoms with van der Waals surface area (Å²) in [5.41, 5.74) is 2.50. The van der Waals surface area contributed by atoms with E-state index in [4.69, 9.17) is 9.47 Å². The molecule has 0 bridgehead atoms. The number of hydrogen-bond acceptors (Lipinski definition) is 4. The summed E-state index contributed by atoms with van der Waals surface area (Å²) in [7, 11) is -2.95. The van der Waals surface area contributed by atoms with Crippen LogP contribution in [0.2, 0.25) is 0 Å². The first kappa shape index (κ1) is 16.2. The summed E-state index contributed by atoms with van der Waals surface area (Å²) >= 11 is 0.